The number of hydrogen-bond donors (Lipinski definition) is 1. The molecule has 170 valence electrons. The number of aryl methyl sites for hydroxylation is 1. The number of hydrogen-bond acceptors (Lipinski definition) is 6. The molecule has 7 rings (SSSR count). The lowest BCUT2D eigenvalue weighted by Crippen LogP contribution is -2.53. The Balaban J connectivity index is 1.44. The van der Waals surface area contributed by atoms with Crippen molar-refractivity contribution in [1.82, 2.24) is 0 Å². The zero-order chi connectivity index (χ0) is 22.4. The van der Waals surface area contributed by atoms with Gasteiger partial charge in [0, 0.05) is 11.5 Å². The van der Waals surface area contributed by atoms with E-state index in [9.17, 15) is 14.7 Å². The number of carbonyl (C=O) groups excluding carboxylic acids is 1. The van der Waals surface area contributed by atoms with Crippen LogP contribution in [0.1, 0.15) is 69.6 Å². The molecule has 4 fully saturated rings. The van der Waals surface area contributed by atoms with Crippen molar-refractivity contribution in [1.29, 1.82) is 0 Å². The van der Waals surface area contributed by atoms with E-state index in [1.54, 1.807) is 13.8 Å². The summed E-state index contributed by atoms with van der Waals surface area (Å²) >= 11 is 0. The van der Waals surface area contributed by atoms with Gasteiger partial charge in [-0.1, -0.05) is 0 Å². The van der Waals surface area contributed by atoms with Gasteiger partial charge in [-0.05, 0) is 94.7 Å². The Bertz CT molecular complexity index is 1140. The molecule has 2 heterocycles. The molecule has 1 aliphatic heterocycles. The Kier molecular flexibility index (Phi) is 4.18. The van der Waals surface area contributed by atoms with Crippen molar-refractivity contribution in [3.63, 3.8) is 0 Å². The van der Waals surface area contributed by atoms with Crippen molar-refractivity contribution in [2.75, 3.05) is 0 Å². The Morgan fingerprint density at radius 2 is 1.72 bits per heavy atom. The van der Waals surface area contributed by atoms with Crippen LogP contribution in [0.15, 0.2) is 27.4 Å². The van der Waals surface area contributed by atoms with Crippen molar-refractivity contribution >= 4 is 16.9 Å². The minimum atomic E-state index is -1.09. The summed E-state index contributed by atoms with van der Waals surface area (Å²) in [5, 5.41) is 12.0. The Morgan fingerprint density at radius 3 is 2.34 bits per heavy atom. The van der Waals surface area contributed by atoms with Gasteiger partial charge in [0.25, 0.3) is 0 Å². The molecule has 0 radical (unpaired) electrons. The molecule has 5 aliphatic rings. The third-order valence-electron chi connectivity index (χ3n) is 8.48. The van der Waals surface area contributed by atoms with Crippen LogP contribution in [0.25, 0.3) is 11.0 Å². The third-order valence-corrected chi connectivity index (χ3v) is 8.48. The molecule has 0 saturated heterocycles. The Labute approximate surface area is 186 Å². The second-order valence-electron chi connectivity index (χ2n) is 11.3. The number of benzene rings is 1. The van der Waals surface area contributed by atoms with Crippen LogP contribution < -0.4 is 10.4 Å². The number of carbonyl (C=O) groups is 1. The number of aliphatic hydroxyl groups excluding tert-OH is 1. The molecule has 0 spiro atoms. The van der Waals surface area contributed by atoms with Crippen LogP contribution in [-0.4, -0.2) is 22.8 Å². The maximum absolute atomic E-state index is 13.7. The Morgan fingerprint density at radius 1 is 1.09 bits per heavy atom. The zero-order valence-corrected chi connectivity index (χ0v) is 18.8. The van der Waals surface area contributed by atoms with E-state index >= 15 is 0 Å². The second-order valence-corrected chi connectivity index (χ2v) is 11.3. The molecule has 2 atom stereocenters. The van der Waals surface area contributed by atoms with Crippen LogP contribution in [0.4, 0.5) is 0 Å². The van der Waals surface area contributed by atoms with Gasteiger partial charge in [-0.25, -0.2) is 4.79 Å². The summed E-state index contributed by atoms with van der Waals surface area (Å²) in [6.07, 6.45) is 4.31. The lowest BCUT2D eigenvalue weighted by molar-refractivity contribution is -0.193. The van der Waals surface area contributed by atoms with Crippen LogP contribution in [0.2, 0.25) is 0 Å². The molecule has 32 heavy (non-hydrogen) atoms. The van der Waals surface area contributed by atoms with Crippen molar-refractivity contribution < 1.29 is 23.8 Å². The first-order valence-corrected chi connectivity index (χ1v) is 11.8. The van der Waals surface area contributed by atoms with Crippen molar-refractivity contribution in [2.24, 2.45) is 23.2 Å². The first kappa shape index (κ1) is 20.3. The van der Waals surface area contributed by atoms with Crippen LogP contribution in [0.3, 0.4) is 0 Å². The molecule has 4 aliphatic carbocycles. The van der Waals surface area contributed by atoms with Gasteiger partial charge in [0.1, 0.15) is 23.0 Å². The summed E-state index contributed by atoms with van der Waals surface area (Å²) < 4.78 is 17.9. The van der Waals surface area contributed by atoms with E-state index in [4.69, 9.17) is 13.9 Å². The highest BCUT2D eigenvalue weighted by molar-refractivity contribution is 5.86. The predicted molar refractivity (Wildman–Crippen MR) is 117 cm³/mol. The van der Waals surface area contributed by atoms with Gasteiger partial charge in [0.05, 0.1) is 11.0 Å². The molecule has 4 saturated carbocycles. The topological polar surface area (TPSA) is 86.0 Å². The predicted octanol–water partition coefficient (Wildman–Crippen LogP) is 4.43. The number of ether oxygens (including phenoxy) is 2. The highest BCUT2D eigenvalue weighted by Gasteiger charge is 2.57. The normalized spacial score (nSPS) is 36.6. The van der Waals surface area contributed by atoms with Crippen molar-refractivity contribution in [3.05, 3.63) is 39.7 Å². The molecule has 6 nitrogen and oxygen atoms in total. The minimum Gasteiger partial charge on any atom is -0.484 e. The van der Waals surface area contributed by atoms with Crippen LogP contribution in [0, 0.1) is 30.1 Å². The summed E-state index contributed by atoms with van der Waals surface area (Å²) in [7, 11) is 0. The fraction of sp³-hybridized carbons (Fsp3) is 0.615. The SMILES string of the molecule is Cc1cc(=O)oc2c3c(ccc12)OC(C)(C)[C@H](O)[C@@H]3OC(=O)C12CC3CC(CC(C3)C1)C2. The number of fused-ring (bicyclic) bond motifs is 3. The van der Waals surface area contributed by atoms with Gasteiger partial charge >= 0.3 is 11.6 Å². The highest BCUT2D eigenvalue weighted by Crippen LogP contribution is 2.61. The summed E-state index contributed by atoms with van der Waals surface area (Å²) in [6, 6.07) is 5.09. The fourth-order valence-electron chi connectivity index (χ4n) is 7.34. The van der Waals surface area contributed by atoms with Gasteiger partial charge in [0.2, 0.25) is 0 Å². The maximum Gasteiger partial charge on any atom is 0.336 e. The van der Waals surface area contributed by atoms with Crippen LogP contribution >= 0.6 is 0 Å². The summed E-state index contributed by atoms with van der Waals surface area (Å²) in [5.41, 5.74) is -0.340. The lowest BCUT2D eigenvalue weighted by Gasteiger charge is -2.55. The quantitative estimate of drug-likeness (QED) is 0.551. The molecule has 4 bridgehead atoms. The molecule has 1 N–H and O–H groups in total. The maximum atomic E-state index is 13.7. The average Bonchev–Trinajstić information content (AvgIpc) is 2.69. The van der Waals surface area contributed by atoms with Gasteiger partial charge in [-0.2, -0.15) is 0 Å². The van der Waals surface area contributed by atoms with E-state index in [-0.39, 0.29) is 5.97 Å². The average molecular weight is 439 g/mol. The summed E-state index contributed by atoms with van der Waals surface area (Å²) in [4.78, 5) is 25.9. The summed E-state index contributed by atoms with van der Waals surface area (Å²) in [6.45, 7) is 5.40. The van der Waals surface area contributed by atoms with E-state index < -0.39 is 28.8 Å². The highest BCUT2D eigenvalue weighted by atomic mass is 16.6. The van der Waals surface area contributed by atoms with Crippen LogP contribution in [-0.2, 0) is 9.53 Å². The van der Waals surface area contributed by atoms with Gasteiger partial charge in [0.15, 0.2) is 6.10 Å². The Hall–Kier alpha value is -2.34. The monoisotopic (exact) mass is 438 g/mol. The van der Waals surface area contributed by atoms with Crippen molar-refractivity contribution in [2.45, 2.75) is 77.1 Å². The molecule has 6 heteroatoms. The third kappa shape index (κ3) is 2.88. The molecule has 1 aromatic heterocycles. The van der Waals surface area contributed by atoms with Gasteiger partial charge < -0.3 is 19.0 Å². The van der Waals surface area contributed by atoms with Crippen molar-refractivity contribution in [3.8, 4) is 5.75 Å². The second kappa shape index (κ2) is 6.60. The molecule has 1 aromatic carbocycles. The van der Waals surface area contributed by atoms with Gasteiger partial charge in [-0.3, -0.25) is 4.79 Å². The molecule has 0 amide bonds. The lowest BCUT2D eigenvalue weighted by atomic mass is 9.49. The smallest absolute Gasteiger partial charge is 0.336 e. The van der Waals surface area contributed by atoms with E-state index in [0.29, 0.717) is 34.6 Å². The van der Waals surface area contributed by atoms with E-state index in [1.807, 2.05) is 19.1 Å². The number of esters is 1. The van der Waals surface area contributed by atoms with E-state index in [2.05, 4.69) is 0 Å². The van der Waals surface area contributed by atoms with Crippen LogP contribution in [0.5, 0.6) is 5.75 Å². The largest absolute Gasteiger partial charge is 0.484 e. The first-order chi connectivity index (χ1) is 15.1. The molecular formula is C26H30O6. The fourth-order valence-corrected chi connectivity index (χ4v) is 7.34. The standard InChI is InChI=1S/C26H30O6/c1-13-6-19(27)30-21-17(13)4-5-18-20(21)22(23(28)25(2,3)32-18)31-24(29)26-10-14-7-15(11-26)9-16(8-14)12-26/h4-6,14-16,22-23,28H,7-12H2,1-3H3/t14?,15?,16?,22-,23-,26?/m1/s1. The number of rotatable bonds is 2. The van der Waals surface area contributed by atoms with Gasteiger partial charge in [-0.15, -0.1) is 0 Å². The van der Waals surface area contributed by atoms with E-state index in [1.165, 1.54) is 25.3 Å². The van der Waals surface area contributed by atoms with E-state index in [0.717, 1.165) is 30.2 Å². The first-order valence-electron chi connectivity index (χ1n) is 11.8. The molecule has 0 unspecified atom stereocenters. The number of aliphatic hydroxyl groups is 1. The minimum absolute atomic E-state index is 0.212. The molecule has 2 aromatic rings. The summed E-state index contributed by atoms with van der Waals surface area (Å²) in [5.74, 6) is 2.09. The molecular weight excluding hydrogens is 408 g/mol. The zero-order valence-electron chi connectivity index (χ0n) is 18.8.